The molecule has 6 nitrogen and oxygen atoms in total. The van der Waals surface area contributed by atoms with E-state index in [0.29, 0.717) is 17.7 Å². The van der Waals surface area contributed by atoms with Crippen molar-refractivity contribution < 1.29 is 14.3 Å². The van der Waals surface area contributed by atoms with E-state index in [1.54, 1.807) is 44.5 Å². The Morgan fingerprint density at radius 3 is 2.39 bits per heavy atom. The van der Waals surface area contributed by atoms with Crippen molar-refractivity contribution in [1.82, 2.24) is 5.43 Å². The molecule has 0 radical (unpaired) electrons. The second kappa shape index (κ2) is 8.81. The van der Waals surface area contributed by atoms with Gasteiger partial charge >= 0.3 is 0 Å². The number of rotatable bonds is 6. The number of carbonyl (C=O) groups is 2. The van der Waals surface area contributed by atoms with Crippen molar-refractivity contribution in [3.63, 3.8) is 0 Å². The normalized spacial score (nSPS) is 10.8. The van der Waals surface area contributed by atoms with Crippen LogP contribution in [0.25, 0.3) is 10.8 Å². The topological polar surface area (TPSA) is 79.8 Å². The van der Waals surface area contributed by atoms with Crippen LogP contribution in [0.3, 0.4) is 0 Å². The van der Waals surface area contributed by atoms with Gasteiger partial charge in [0.2, 0.25) is 5.91 Å². The summed E-state index contributed by atoms with van der Waals surface area (Å²) in [6, 6.07) is 18.2. The van der Waals surface area contributed by atoms with Crippen LogP contribution in [0.2, 0.25) is 0 Å². The van der Waals surface area contributed by atoms with Crippen LogP contribution in [0.1, 0.15) is 29.3 Å². The van der Waals surface area contributed by atoms with Crippen LogP contribution in [0.15, 0.2) is 65.8 Å². The molecular weight excluding hydrogens is 354 g/mol. The van der Waals surface area contributed by atoms with Gasteiger partial charge in [-0.3, -0.25) is 9.59 Å². The fourth-order valence-corrected chi connectivity index (χ4v) is 2.76. The molecule has 2 amide bonds. The largest absolute Gasteiger partial charge is 0.496 e. The summed E-state index contributed by atoms with van der Waals surface area (Å²) in [5.41, 5.74) is 4.49. The lowest BCUT2D eigenvalue weighted by Crippen LogP contribution is -2.17. The number of hydrazone groups is 1. The van der Waals surface area contributed by atoms with Crippen LogP contribution in [-0.4, -0.2) is 25.1 Å². The smallest absolute Gasteiger partial charge is 0.271 e. The Kier molecular flexibility index (Phi) is 6.01. The van der Waals surface area contributed by atoms with E-state index in [4.69, 9.17) is 4.74 Å². The van der Waals surface area contributed by atoms with E-state index in [9.17, 15) is 9.59 Å². The molecule has 3 rings (SSSR count). The summed E-state index contributed by atoms with van der Waals surface area (Å²) < 4.78 is 5.38. The number of carbonyl (C=O) groups excluding carboxylic acids is 2. The quantitative estimate of drug-likeness (QED) is 0.505. The molecule has 142 valence electrons. The highest BCUT2D eigenvalue weighted by molar-refractivity contribution is 6.03. The van der Waals surface area contributed by atoms with Gasteiger partial charge in [0.05, 0.1) is 13.3 Å². The summed E-state index contributed by atoms with van der Waals surface area (Å²) in [5, 5.41) is 8.77. The summed E-state index contributed by atoms with van der Waals surface area (Å²) in [6.07, 6.45) is 2.01. The minimum atomic E-state index is -0.331. The third-order valence-corrected chi connectivity index (χ3v) is 4.26. The zero-order valence-corrected chi connectivity index (χ0v) is 15.7. The van der Waals surface area contributed by atoms with Crippen molar-refractivity contribution in [2.75, 3.05) is 12.4 Å². The fraction of sp³-hybridized carbons (Fsp3) is 0.136. The maximum Gasteiger partial charge on any atom is 0.271 e. The molecule has 0 bridgehead atoms. The van der Waals surface area contributed by atoms with Gasteiger partial charge in [-0.25, -0.2) is 5.43 Å². The monoisotopic (exact) mass is 375 g/mol. The maximum atomic E-state index is 12.3. The Morgan fingerprint density at radius 2 is 1.71 bits per heavy atom. The van der Waals surface area contributed by atoms with E-state index in [-0.39, 0.29) is 11.8 Å². The summed E-state index contributed by atoms with van der Waals surface area (Å²) in [5.74, 6) is 0.378. The van der Waals surface area contributed by atoms with Crippen LogP contribution in [0.4, 0.5) is 5.69 Å². The molecule has 6 heteroatoms. The summed E-state index contributed by atoms with van der Waals surface area (Å²) in [6.45, 7) is 1.78. The van der Waals surface area contributed by atoms with Crippen LogP contribution in [0, 0.1) is 0 Å². The molecule has 0 aliphatic heterocycles. The van der Waals surface area contributed by atoms with Crippen LogP contribution < -0.4 is 15.5 Å². The van der Waals surface area contributed by atoms with Crippen molar-refractivity contribution in [1.29, 1.82) is 0 Å². The van der Waals surface area contributed by atoms with Gasteiger partial charge in [-0.05, 0) is 41.8 Å². The number of ether oxygens (including phenoxy) is 1. The van der Waals surface area contributed by atoms with E-state index < -0.39 is 0 Å². The highest BCUT2D eigenvalue weighted by atomic mass is 16.5. The predicted molar refractivity (Wildman–Crippen MR) is 111 cm³/mol. The standard InChI is InChI=1S/C22H21N3O3/c1-3-21(26)24-17-11-8-15(9-12-17)22(27)25-23-14-16-10-13-20(28-2)19-7-5-4-6-18(16)19/h4-14H,3H2,1-2H3,(H,24,26)(H,25,27)/b23-14+. The number of nitrogens with zero attached hydrogens (tertiary/aromatic N) is 1. The fourth-order valence-electron chi connectivity index (χ4n) is 2.76. The van der Waals surface area contributed by atoms with Gasteiger partial charge in [-0.15, -0.1) is 0 Å². The van der Waals surface area contributed by atoms with E-state index in [2.05, 4.69) is 15.8 Å². The maximum absolute atomic E-state index is 12.3. The molecule has 2 N–H and O–H groups in total. The van der Waals surface area contributed by atoms with Crippen molar-refractivity contribution in [3.05, 3.63) is 71.8 Å². The van der Waals surface area contributed by atoms with Crippen molar-refractivity contribution in [3.8, 4) is 5.75 Å². The van der Waals surface area contributed by atoms with Crippen molar-refractivity contribution in [2.24, 2.45) is 5.10 Å². The molecule has 3 aromatic rings. The first kappa shape index (κ1) is 19.1. The lowest BCUT2D eigenvalue weighted by molar-refractivity contribution is -0.115. The highest BCUT2D eigenvalue weighted by Gasteiger charge is 2.07. The Hall–Kier alpha value is -3.67. The number of nitrogens with one attached hydrogen (secondary N) is 2. The van der Waals surface area contributed by atoms with Gasteiger partial charge in [-0.2, -0.15) is 5.10 Å². The minimum Gasteiger partial charge on any atom is -0.496 e. The number of methoxy groups -OCH3 is 1. The second-order valence-corrected chi connectivity index (χ2v) is 6.08. The van der Waals surface area contributed by atoms with Gasteiger partial charge in [0.1, 0.15) is 5.75 Å². The molecule has 0 heterocycles. The summed E-state index contributed by atoms with van der Waals surface area (Å²) in [7, 11) is 1.63. The third-order valence-electron chi connectivity index (χ3n) is 4.26. The molecule has 0 aliphatic carbocycles. The average Bonchev–Trinajstić information content (AvgIpc) is 2.74. The number of anilines is 1. The highest BCUT2D eigenvalue weighted by Crippen LogP contribution is 2.27. The molecular formula is C22H21N3O3. The van der Waals surface area contributed by atoms with Crippen molar-refractivity contribution >= 4 is 34.5 Å². The second-order valence-electron chi connectivity index (χ2n) is 6.08. The molecule has 0 unspecified atom stereocenters. The zero-order valence-electron chi connectivity index (χ0n) is 15.7. The van der Waals surface area contributed by atoms with E-state index in [1.807, 2.05) is 36.4 Å². The SMILES string of the molecule is CCC(=O)Nc1ccc(C(=O)N/N=C/c2ccc(OC)c3ccccc23)cc1. The molecule has 0 saturated carbocycles. The Balaban J connectivity index is 1.70. The van der Waals surface area contributed by atoms with Gasteiger partial charge in [-0.1, -0.05) is 31.2 Å². The minimum absolute atomic E-state index is 0.0754. The zero-order chi connectivity index (χ0) is 19.9. The first-order valence-electron chi connectivity index (χ1n) is 8.91. The number of hydrogen-bond acceptors (Lipinski definition) is 4. The Bertz CT molecular complexity index is 1030. The average molecular weight is 375 g/mol. The lowest BCUT2D eigenvalue weighted by Gasteiger charge is -2.07. The number of benzene rings is 3. The number of fused-ring (bicyclic) bond motifs is 1. The number of hydrogen-bond donors (Lipinski definition) is 2. The third kappa shape index (κ3) is 4.35. The first-order chi connectivity index (χ1) is 13.6. The summed E-state index contributed by atoms with van der Waals surface area (Å²) in [4.78, 5) is 23.6. The first-order valence-corrected chi connectivity index (χ1v) is 8.91. The lowest BCUT2D eigenvalue weighted by atomic mass is 10.0. The van der Waals surface area contributed by atoms with Crippen molar-refractivity contribution in [2.45, 2.75) is 13.3 Å². The van der Waals surface area contributed by atoms with Crippen LogP contribution in [0.5, 0.6) is 5.75 Å². The van der Waals surface area contributed by atoms with Gasteiger partial charge < -0.3 is 10.1 Å². The number of amides is 2. The predicted octanol–water partition coefficient (Wildman–Crippen LogP) is 3.96. The van der Waals surface area contributed by atoms with Gasteiger partial charge in [0.15, 0.2) is 0 Å². The summed E-state index contributed by atoms with van der Waals surface area (Å²) >= 11 is 0. The van der Waals surface area contributed by atoms with Crippen LogP contribution >= 0.6 is 0 Å². The molecule has 0 saturated heterocycles. The van der Waals surface area contributed by atoms with Crippen LogP contribution in [-0.2, 0) is 4.79 Å². The molecule has 3 aromatic carbocycles. The molecule has 0 fully saturated rings. The molecule has 0 atom stereocenters. The molecule has 0 aliphatic rings. The molecule has 0 spiro atoms. The van der Waals surface area contributed by atoms with Gasteiger partial charge in [0, 0.05) is 28.6 Å². The molecule has 0 aromatic heterocycles. The van der Waals surface area contributed by atoms with E-state index in [1.165, 1.54) is 0 Å². The van der Waals surface area contributed by atoms with Gasteiger partial charge in [0.25, 0.3) is 5.91 Å². The Labute approximate surface area is 163 Å². The van der Waals surface area contributed by atoms with E-state index >= 15 is 0 Å². The Morgan fingerprint density at radius 1 is 1.00 bits per heavy atom. The van der Waals surface area contributed by atoms with E-state index in [0.717, 1.165) is 22.1 Å². The molecule has 28 heavy (non-hydrogen) atoms.